The van der Waals surface area contributed by atoms with Gasteiger partial charge in [0.1, 0.15) is 0 Å². The highest BCUT2D eigenvalue weighted by Gasteiger charge is 2.36. The zero-order valence-corrected chi connectivity index (χ0v) is 17.7. The number of hydrogen-bond donors (Lipinski definition) is 1. The van der Waals surface area contributed by atoms with Crippen LogP contribution in [0.25, 0.3) is 0 Å². The molecule has 1 aliphatic carbocycles. The quantitative estimate of drug-likeness (QED) is 0.803. The first-order valence-electron chi connectivity index (χ1n) is 9.09. The smallest absolute Gasteiger partial charge is 0.226 e. The van der Waals surface area contributed by atoms with Crippen LogP contribution in [0.2, 0.25) is 5.02 Å². The maximum atomic E-state index is 12.8. The molecule has 3 atom stereocenters. The lowest BCUT2D eigenvalue weighted by Gasteiger charge is -2.39. The van der Waals surface area contributed by atoms with Gasteiger partial charge in [0.15, 0.2) is 0 Å². The molecule has 1 aliphatic heterocycles. The number of carbonyl (C=O) groups is 1. The standard InChI is InChI=1S/C19H28ClN3O.2ClH/c1-14(16-6-2-3-8-18(16)20)22-9-11-23(12-10-22)19(24)17-7-4-5-15(17)13-21;;/h2-3,6,8,14-15,17H,4-5,7,9-13,21H2,1H3;2*1H/t14?,15-,17-;;/m1../s1. The van der Waals surface area contributed by atoms with Gasteiger partial charge in [-0.2, -0.15) is 0 Å². The van der Waals surface area contributed by atoms with Gasteiger partial charge in [-0.3, -0.25) is 9.69 Å². The molecule has 1 amide bonds. The van der Waals surface area contributed by atoms with Crippen molar-refractivity contribution < 1.29 is 4.79 Å². The first-order valence-corrected chi connectivity index (χ1v) is 9.47. The summed E-state index contributed by atoms with van der Waals surface area (Å²) in [6.45, 7) is 6.25. The molecule has 3 rings (SSSR count). The predicted octanol–water partition coefficient (Wildman–Crippen LogP) is 3.76. The second-order valence-electron chi connectivity index (χ2n) is 7.09. The average Bonchev–Trinajstić information content (AvgIpc) is 3.10. The Morgan fingerprint density at radius 3 is 2.46 bits per heavy atom. The van der Waals surface area contributed by atoms with E-state index in [4.69, 9.17) is 17.3 Å². The van der Waals surface area contributed by atoms with Crippen LogP contribution in [-0.2, 0) is 4.79 Å². The Bertz CT molecular complexity index is 579. The van der Waals surface area contributed by atoms with E-state index in [0.29, 0.717) is 18.4 Å². The summed E-state index contributed by atoms with van der Waals surface area (Å²) in [7, 11) is 0. The Balaban J connectivity index is 0.00000169. The van der Waals surface area contributed by atoms with Crippen LogP contribution in [0.3, 0.4) is 0 Å². The summed E-state index contributed by atoms with van der Waals surface area (Å²) in [4.78, 5) is 17.3. The highest BCUT2D eigenvalue weighted by molar-refractivity contribution is 6.31. The van der Waals surface area contributed by atoms with E-state index in [1.54, 1.807) is 0 Å². The highest BCUT2D eigenvalue weighted by atomic mass is 35.5. The fraction of sp³-hybridized carbons (Fsp3) is 0.632. The minimum Gasteiger partial charge on any atom is -0.340 e. The van der Waals surface area contributed by atoms with E-state index < -0.39 is 0 Å². The van der Waals surface area contributed by atoms with Crippen LogP contribution in [0.5, 0.6) is 0 Å². The first kappa shape index (κ1) is 23.5. The lowest BCUT2D eigenvalue weighted by Crippen LogP contribution is -2.51. The van der Waals surface area contributed by atoms with E-state index in [2.05, 4.69) is 22.8 Å². The van der Waals surface area contributed by atoms with Crippen molar-refractivity contribution >= 4 is 42.3 Å². The molecule has 1 saturated carbocycles. The fourth-order valence-corrected chi connectivity index (χ4v) is 4.51. The van der Waals surface area contributed by atoms with Crippen molar-refractivity contribution in [3.63, 3.8) is 0 Å². The first-order chi connectivity index (χ1) is 11.6. The van der Waals surface area contributed by atoms with E-state index in [1.807, 2.05) is 18.2 Å². The van der Waals surface area contributed by atoms with Crippen molar-refractivity contribution in [2.24, 2.45) is 17.6 Å². The van der Waals surface area contributed by atoms with E-state index in [0.717, 1.165) is 56.0 Å². The average molecular weight is 423 g/mol. The van der Waals surface area contributed by atoms with Crippen LogP contribution < -0.4 is 5.73 Å². The Morgan fingerprint density at radius 1 is 1.19 bits per heavy atom. The molecular weight excluding hydrogens is 393 g/mol. The van der Waals surface area contributed by atoms with Crippen LogP contribution in [-0.4, -0.2) is 48.4 Å². The molecule has 2 N–H and O–H groups in total. The zero-order chi connectivity index (χ0) is 17.1. The summed E-state index contributed by atoms with van der Waals surface area (Å²) >= 11 is 6.33. The molecule has 2 fully saturated rings. The maximum Gasteiger partial charge on any atom is 0.226 e. The fourth-order valence-electron chi connectivity index (χ4n) is 4.22. The number of piperazine rings is 1. The Morgan fingerprint density at radius 2 is 1.85 bits per heavy atom. The molecule has 1 unspecified atom stereocenters. The monoisotopic (exact) mass is 421 g/mol. The van der Waals surface area contributed by atoms with E-state index >= 15 is 0 Å². The third kappa shape index (κ3) is 5.05. The summed E-state index contributed by atoms with van der Waals surface area (Å²) in [5.74, 6) is 0.869. The molecule has 7 heteroatoms. The van der Waals surface area contributed by atoms with E-state index in [9.17, 15) is 4.79 Å². The van der Waals surface area contributed by atoms with Gasteiger partial charge in [-0.25, -0.2) is 0 Å². The number of carbonyl (C=O) groups excluding carboxylic acids is 1. The molecule has 1 heterocycles. The Kier molecular flexibility index (Phi) is 9.70. The number of nitrogens with two attached hydrogens (primary N) is 1. The van der Waals surface area contributed by atoms with Crippen molar-refractivity contribution in [3.8, 4) is 0 Å². The van der Waals surface area contributed by atoms with Crippen LogP contribution in [0.4, 0.5) is 0 Å². The number of rotatable bonds is 4. The number of halogens is 3. The zero-order valence-electron chi connectivity index (χ0n) is 15.3. The number of nitrogens with zero attached hydrogens (tertiary/aromatic N) is 2. The molecule has 1 saturated heterocycles. The molecule has 4 nitrogen and oxygen atoms in total. The number of hydrogen-bond acceptors (Lipinski definition) is 3. The minimum absolute atomic E-state index is 0. The van der Waals surface area contributed by atoms with Gasteiger partial charge in [0.25, 0.3) is 0 Å². The molecule has 0 spiro atoms. The van der Waals surface area contributed by atoms with E-state index in [1.165, 1.54) is 0 Å². The molecule has 1 aromatic rings. The molecule has 2 aliphatic rings. The lowest BCUT2D eigenvalue weighted by molar-refractivity contribution is -0.138. The van der Waals surface area contributed by atoms with Crippen LogP contribution in [0, 0.1) is 11.8 Å². The number of benzene rings is 1. The van der Waals surface area contributed by atoms with Gasteiger partial charge in [0.05, 0.1) is 0 Å². The Hall–Kier alpha value is -0.520. The summed E-state index contributed by atoms with van der Waals surface area (Å²) < 4.78 is 0. The normalized spacial score (nSPS) is 24.5. The maximum absolute atomic E-state index is 12.8. The molecule has 0 aromatic heterocycles. The second-order valence-corrected chi connectivity index (χ2v) is 7.50. The van der Waals surface area contributed by atoms with Crippen molar-refractivity contribution in [3.05, 3.63) is 34.9 Å². The molecule has 148 valence electrons. The number of amides is 1. The molecular formula is C19H30Cl3N3O. The molecule has 1 aromatic carbocycles. The molecule has 26 heavy (non-hydrogen) atoms. The van der Waals surface area contributed by atoms with Crippen LogP contribution in [0.1, 0.15) is 37.8 Å². The van der Waals surface area contributed by atoms with Crippen LogP contribution >= 0.6 is 36.4 Å². The van der Waals surface area contributed by atoms with Gasteiger partial charge in [-0.1, -0.05) is 36.2 Å². The van der Waals surface area contributed by atoms with Gasteiger partial charge in [0, 0.05) is 43.2 Å². The largest absolute Gasteiger partial charge is 0.340 e. The van der Waals surface area contributed by atoms with E-state index in [-0.39, 0.29) is 36.8 Å². The van der Waals surface area contributed by atoms with Gasteiger partial charge >= 0.3 is 0 Å². The van der Waals surface area contributed by atoms with Crippen molar-refractivity contribution in [2.75, 3.05) is 32.7 Å². The van der Waals surface area contributed by atoms with Gasteiger partial charge in [-0.05, 0) is 43.9 Å². The predicted molar refractivity (Wildman–Crippen MR) is 112 cm³/mol. The minimum atomic E-state index is 0. The second kappa shape index (κ2) is 10.7. The Labute approximate surface area is 174 Å². The van der Waals surface area contributed by atoms with Crippen molar-refractivity contribution in [2.45, 2.75) is 32.2 Å². The third-order valence-corrected chi connectivity index (χ3v) is 6.15. The van der Waals surface area contributed by atoms with Crippen LogP contribution in [0.15, 0.2) is 24.3 Å². The molecule has 0 radical (unpaired) electrons. The van der Waals surface area contributed by atoms with Crippen molar-refractivity contribution in [1.82, 2.24) is 9.80 Å². The summed E-state index contributed by atoms with van der Waals surface area (Å²) in [6.07, 6.45) is 3.26. The lowest BCUT2D eigenvalue weighted by atomic mass is 9.94. The van der Waals surface area contributed by atoms with Crippen molar-refractivity contribution in [1.29, 1.82) is 0 Å². The third-order valence-electron chi connectivity index (χ3n) is 5.81. The SMILES string of the molecule is CC(c1ccccc1Cl)N1CCN(C(=O)[C@@H]2CCC[C@@H]2CN)CC1.Cl.Cl. The van der Waals surface area contributed by atoms with Gasteiger partial charge < -0.3 is 10.6 Å². The van der Waals surface area contributed by atoms with Gasteiger partial charge in [0.2, 0.25) is 5.91 Å². The highest BCUT2D eigenvalue weighted by Crippen LogP contribution is 2.33. The summed E-state index contributed by atoms with van der Waals surface area (Å²) in [5, 5.41) is 0.820. The molecule has 0 bridgehead atoms. The topological polar surface area (TPSA) is 49.6 Å². The summed E-state index contributed by atoms with van der Waals surface area (Å²) in [5.41, 5.74) is 7.01. The summed E-state index contributed by atoms with van der Waals surface area (Å²) in [6, 6.07) is 8.31. The van der Waals surface area contributed by atoms with Gasteiger partial charge in [-0.15, -0.1) is 24.8 Å².